The minimum atomic E-state index is -4.81. The highest BCUT2D eigenvalue weighted by atomic mass is 35.5. The van der Waals surface area contributed by atoms with E-state index in [1.807, 2.05) is 0 Å². The van der Waals surface area contributed by atoms with Gasteiger partial charge in [-0.1, -0.05) is 24.3 Å². The zero-order valence-corrected chi connectivity index (χ0v) is 18.3. The molecule has 0 radical (unpaired) electrons. The van der Waals surface area contributed by atoms with Gasteiger partial charge in [-0.3, -0.25) is 18.9 Å². The summed E-state index contributed by atoms with van der Waals surface area (Å²) in [5.41, 5.74) is 6.10. The molecular weight excluding hydrogens is 470 g/mol. The van der Waals surface area contributed by atoms with E-state index in [9.17, 15) is 27.4 Å². The van der Waals surface area contributed by atoms with Crippen LogP contribution < -0.4 is 16.4 Å². The molecule has 0 saturated heterocycles. The van der Waals surface area contributed by atoms with E-state index < -0.39 is 38.2 Å². The number of anilines is 4. The molecular formula is C22H16ClN3O6S. The number of benzene rings is 3. The van der Waals surface area contributed by atoms with Crippen molar-refractivity contribution in [1.82, 2.24) is 0 Å². The Hall–Kier alpha value is -3.73. The first-order valence-electron chi connectivity index (χ1n) is 9.47. The van der Waals surface area contributed by atoms with Crippen molar-refractivity contribution in [3.05, 3.63) is 76.9 Å². The lowest BCUT2D eigenvalue weighted by Gasteiger charge is -2.23. The number of fused-ring (bicyclic) bond motifs is 2. The summed E-state index contributed by atoms with van der Waals surface area (Å²) < 4.78 is 33.6. The molecule has 0 heterocycles. The number of nitrogen functional groups attached to an aromatic ring is 1. The van der Waals surface area contributed by atoms with Gasteiger partial charge in [-0.15, -0.1) is 11.6 Å². The highest BCUT2D eigenvalue weighted by molar-refractivity contribution is 7.86. The third-order valence-corrected chi connectivity index (χ3v) is 6.18. The quantitative estimate of drug-likeness (QED) is 0.191. The Kier molecular flexibility index (Phi) is 5.66. The Bertz CT molecular complexity index is 1440. The second-order valence-corrected chi connectivity index (χ2v) is 8.81. The van der Waals surface area contributed by atoms with Crippen LogP contribution in [-0.4, -0.2) is 36.3 Å². The van der Waals surface area contributed by atoms with Crippen LogP contribution in [0.25, 0.3) is 0 Å². The molecule has 0 unspecified atom stereocenters. The maximum Gasteiger partial charge on any atom is 0.296 e. The first kappa shape index (κ1) is 22.5. The van der Waals surface area contributed by atoms with Crippen molar-refractivity contribution >= 4 is 61.9 Å². The molecule has 1 aliphatic carbocycles. The molecule has 9 nitrogen and oxygen atoms in total. The summed E-state index contributed by atoms with van der Waals surface area (Å²) in [6.07, 6.45) is 0. The van der Waals surface area contributed by atoms with Gasteiger partial charge in [0.1, 0.15) is 10.8 Å². The third kappa shape index (κ3) is 4.07. The molecule has 0 bridgehead atoms. The van der Waals surface area contributed by atoms with Crippen molar-refractivity contribution in [2.24, 2.45) is 0 Å². The first-order valence-corrected chi connectivity index (χ1v) is 11.4. The fourth-order valence-electron chi connectivity index (χ4n) is 3.59. The Morgan fingerprint density at radius 1 is 0.939 bits per heavy atom. The van der Waals surface area contributed by atoms with E-state index in [1.54, 1.807) is 36.4 Å². The van der Waals surface area contributed by atoms with E-state index in [-0.39, 0.29) is 33.8 Å². The van der Waals surface area contributed by atoms with Crippen LogP contribution in [0.1, 0.15) is 31.8 Å². The number of alkyl halides is 1. The van der Waals surface area contributed by atoms with Crippen molar-refractivity contribution in [2.45, 2.75) is 4.90 Å². The number of hydrogen-bond donors (Lipinski definition) is 4. The molecule has 3 aromatic rings. The fraction of sp³-hybridized carbons (Fsp3) is 0.0455. The van der Waals surface area contributed by atoms with E-state index in [0.29, 0.717) is 11.4 Å². The van der Waals surface area contributed by atoms with Crippen LogP contribution in [0.4, 0.5) is 22.7 Å². The maximum atomic E-state index is 13.3. The molecule has 0 spiro atoms. The number of ketones is 2. The summed E-state index contributed by atoms with van der Waals surface area (Å²) in [5.74, 6) is -1.77. The number of rotatable bonds is 5. The Labute approximate surface area is 193 Å². The predicted octanol–water partition coefficient (Wildman–Crippen LogP) is 3.21. The molecule has 0 atom stereocenters. The summed E-state index contributed by atoms with van der Waals surface area (Å²) in [6, 6.07) is 13.3. The monoisotopic (exact) mass is 485 g/mol. The summed E-state index contributed by atoms with van der Waals surface area (Å²) in [4.78, 5) is 37.1. The van der Waals surface area contributed by atoms with Crippen LogP contribution in [0.3, 0.4) is 0 Å². The number of halogens is 1. The molecule has 168 valence electrons. The van der Waals surface area contributed by atoms with Crippen molar-refractivity contribution in [2.75, 3.05) is 22.2 Å². The number of nitrogens with two attached hydrogens (primary N) is 1. The molecule has 0 aliphatic heterocycles. The third-order valence-electron chi connectivity index (χ3n) is 5.05. The number of carbonyl (C=O) groups excluding carboxylic acids is 3. The van der Waals surface area contributed by atoms with Gasteiger partial charge in [0.2, 0.25) is 5.91 Å². The van der Waals surface area contributed by atoms with Crippen LogP contribution >= 0.6 is 11.6 Å². The van der Waals surface area contributed by atoms with Crippen molar-refractivity contribution < 1.29 is 27.4 Å². The fourth-order valence-corrected chi connectivity index (χ4v) is 4.31. The van der Waals surface area contributed by atoms with Gasteiger partial charge in [0, 0.05) is 22.5 Å². The lowest BCUT2D eigenvalue weighted by Crippen LogP contribution is -2.25. The molecule has 0 fully saturated rings. The average Bonchev–Trinajstić information content (AvgIpc) is 2.78. The van der Waals surface area contributed by atoms with Gasteiger partial charge in [0.15, 0.2) is 11.6 Å². The lowest BCUT2D eigenvalue weighted by molar-refractivity contribution is -0.113. The van der Waals surface area contributed by atoms with Crippen LogP contribution in [0.15, 0.2) is 59.5 Å². The Morgan fingerprint density at radius 3 is 2.03 bits per heavy atom. The first-order chi connectivity index (χ1) is 15.6. The van der Waals surface area contributed by atoms with Crippen molar-refractivity contribution in [3.63, 3.8) is 0 Å². The van der Waals surface area contributed by atoms with Crippen molar-refractivity contribution in [1.29, 1.82) is 0 Å². The van der Waals surface area contributed by atoms with Gasteiger partial charge in [0.25, 0.3) is 10.1 Å². The van der Waals surface area contributed by atoms with E-state index in [1.165, 1.54) is 12.1 Å². The van der Waals surface area contributed by atoms with Crippen LogP contribution in [-0.2, 0) is 14.9 Å². The molecule has 4 rings (SSSR count). The van der Waals surface area contributed by atoms with Gasteiger partial charge in [0.05, 0.1) is 22.5 Å². The number of nitrogens with one attached hydrogen (secondary N) is 2. The molecule has 0 saturated carbocycles. The van der Waals surface area contributed by atoms with Crippen LogP contribution in [0, 0.1) is 0 Å². The molecule has 3 aromatic carbocycles. The van der Waals surface area contributed by atoms with Gasteiger partial charge in [-0.25, -0.2) is 0 Å². The highest BCUT2D eigenvalue weighted by Crippen LogP contribution is 2.40. The smallest absolute Gasteiger partial charge is 0.296 e. The zero-order valence-electron chi connectivity index (χ0n) is 16.8. The highest BCUT2D eigenvalue weighted by Gasteiger charge is 2.36. The summed E-state index contributed by atoms with van der Waals surface area (Å²) >= 11 is 5.47. The number of hydrogen-bond acceptors (Lipinski definition) is 7. The molecule has 1 amide bonds. The average molecular weight is 486 g/mol. The number of carbonyl (C=O) groups is 3. The second kappa shape index (κ2) is 8.32. The lowest BCUT2D eigenvalue weighted by atomic mass is 9.82. The zero-order chi connectivity index (χ0) is 23.9. The molecule has 0 aromatic heterocycles. The van der Waals surface area contributed by atoms with Gasteiger partial charge in [-0.05, 0) is 30.3 Å². The van der Waals surface area contributed by atoms with E-state index in [2.05, 4.69) is 10.6 Å². The predicted molar refractivity (Wildman–Crippen MR) is 123 cm³/mol. The minimum absolute atomic E-state index is 0.0304. The van der Waals surface area contributed by atoms with E-state index >= 15 is 0 Å². The van der Waals surface area contributed by atoms with E-state index in [4.69, 9.17) is 17.3 Å². The standard InChI is InChI=1S/C22H16ClN3O6S/c23-10-17(27)26-12-7-5-11(6-8-12)25-15-9-16(33(30,31)32)20(24)19-18(15)21(28)13-3-1-2-4-14(13)22(19)29/h1-9,25H,10,24H2,(H,26,27)(H,30,31,32). The van der Waals surface area contributed by atoms with Gasteiger partial charge in [-0.2, -0.15) is 8.42 Å². The minimum Gasteiger partial charge on any atom is -0.397 e. The summed E-state index contributed by atoms with van der Waals surface area (Å²) in [7, 11) is -4.81. The summed E-state index contributed by atoms with van der Waals surface area (Å²) in [6.45, 7) is 0. The molecule has 11 heteroatoms. The van der Waals surface area contributed by atoms with Crippen LogP contribution in [0.2, 0.25) is 0 Å². The molecule has 33 heavy (non-hydrogen) atoms. The summed E-state index contributed by atoms with van der Waals surface area (Å²) in [5, 5.41) is 5.47. The van der Waals surface area contributed by atoms with Gasteiger partial charge < -0.3 is 16.4 Å². The number of amides is 1. The molecule has 1 aliphatic rings. The van der Waals surface area contributed by atoms with Gasteiger partial charge >= 0.3 is 0 Å². The van der Waals surface area contributed by atoms with Crippen molar-refractivity contribution in [3.8, 4) is 0 Å². The largest absolute Gasteiger partial charge is 0.397 e. The van der Waals surface area contributed by atoms with Crippen LogP contribution in [0.5, 0.6) is 0 Å². The Morgan fingerprint density at radius 2 is 1.48 bits per heavy atom. The van der Waals surface area contributed by atoms with E-state index in [0.717, 1.165) is 6.07 Å². The topological polar surface area (TPSA) is 156 Å². The maximum absolute atomic E-state index is 13.3. The normalized spacial score (nSPS) is 12.7. The second-order valence-electron chi connectivity index (χ2n) is 7.15. The SMILES string of the molecule is Nc1c(S(=O)(=O)O)cc(Nc2ccc(NC(=O)CCl)cc2)c2c1C(=O)c1ccccc1C2=O. The molecule has 5 N–H and O–H groups in total. The Balaban J connectivity index is 1.86.